The highest BCUT2D eigenvalue weighted by molar-refractivity contribution is 6.78. The molecule has 0 aromatic rings. The monoisotopic (exact) mass is 369 g/mol. The predicted octanol–water partition coefficient (Wildman–Crippen LogP) is 6.47. The fourth-order valence-electron chi connectivity index (χ4n) is 5.39. The van der Waals surface area contributed by atoms with Gasteiger partial charge in [-0.25, -0.2) is 0 Å². The Balaban J connectivity index is 2.81. The number of rotatable bonds is 7. The third-order valence-electron chi connectivity index (χ3n) is 6.64. The molecule has 1 fully saturated rings. The van der Waals surface area contributed by atoms with Crippen molar-refractivity contribution in [1.82, 2.24) is 4.98 Å². The molecule has 0 aliphatic heterocycles. The van der Waals surface area contributed by atoms with Gasteiger partial charge in [0.15, 0.2) is 0 Å². The Morgan fingerprint density at radius 2 is 1.28 bits per heavy atom. The van der Waals surface area contributed by atoms with Crippen molar-refractivity contribution in [2.24, 2.45) is 23.7 Å². The molecule has 0 amide bonds. The van der Waals surface area contributed by atoms with Crippen molar-refractivity contribution >= 4 is 8.24 Å². The molecule has 1 aliphatic carbocycles. The van der Waals surface area contributed by atoms with Crippen LogP contribution in [0.1, 0.15) is 82.1 Å². The first-order valence-electron chi connectivity index (χ1n) is 10.6. The maximum atomic E-state index is 5.94. The minimum atomic E-state index is -1.56. The van der Waals surface area contributed by atoms with Crippen LogP contribution >= 0.6 is 0 Å². The van der Waals surface area contributed by atoms with E-state index in [0.29, 0.717) is 0 Å². The Hall–Kier alpha value is 0.137. The fourth-order valence-corrected chi connectivity index (χ4v) is 11.6. The van der Waals surface area contributed by atoms with Crippen LogP contribution in [0.5, 0.6) is 0 Å². The molecule has 2 nitrogen and oxygen atoms in total. The van der Waals surface area contributed by atoms with Gasteiger partial charge in [0.25, 0.3) is 0 Å². The summed E-state index contributed by atoms with van der Waals surface area (Å²) in [6, 6.07) is 1.37. The first-order valence-corrected chi connectivity index (χ1v) is 13.4. The van der Waals surface area contributed by atoms with Gasteiger partial charge >= 0.3 is 0 Å². The van der Waals surface area contributed by atoms with Gasteiger partial charge in [0.05, 0.1) is 5.60 Å². The van der Waals surface area contributed by atoms with E-state index < -0.39 is 8.24 Å². The highest BCUT2D eigenvalue weighted by Crippen LogP contribution is 2.54. The molecule has 0 radical (unpaired) electrons. The van der Waals surface area contributed by atoms with Crippen molar-refractivity contribution in [3.05, 3.63) is 0 Å². The molecule has 1 aliphatic rings. The van der Waals surface area contributed by atoms with E-state index in [4.69, 9.17) is 4.74 Å². The summed E-state index contributed by atoms with van der Waals surface area (Å²) in [7, 11) is -1.56. The lowest BCUT2D eigenvalue weighted by molar-refractivity contribution is -0.00420. The average Bonchev–Trinajstić information content (AvgIpc) is 2.59. The SMILES string of the molecule is CC1C(C)C(C)C([Si](C)(CCCCOC(C)(C)C)NC(C)(C)C)C1C. The molecule has 150 valence electrons. The first-order chi connectivity index (χ1) is 11.2. The van der Waals surface area contributed by atoms with Gasteiger partial charge in [0.2, 0.25) is 0 Å². The average molecular weight is 370 g/mol. The fraction of sp³-hybridized carbons (Fsp3) is 1.00. The van der Waals surface area contributed by atoms with Crippen LogP contribution in [0.25, 0.3) is 0 Å². The molecule has 1 rings (SSSR count). The van der Waals surface area contributed by atoms with Gasteiger partial charge in [0, 0.05) is 12.1 Å². The van der Waals surface area contributed by atoms with Crippen LogP contribution in [0, 0.1) is 23.7 Å². The van der Waals surface area contributed by atoms with Crippen molar-refractivity contribution < 1.29 is 4.74 Å². The van der Waals surface area contributed by atoms with Gasteiger partial charge in [0.1, 0.15) is 8.24 Å². The van der Waals surface area contributed by atoms with Crippen LogP contribution in [-0.4, -0.2) is 26.0 Å². The predicted molar refractivity (Wildman–Crippen MR) is 115 cm³/mol. The maximum absolute atomic E-state index is 5.94. The van der Waals surface area contributed by atoms with Gasteiger partial charge in [-0.15, -0.1) is 0 Å². The molecular formula is C22H47NOSi. The molecule has 1 N–H and O–H groups in total. The molecule has 5 atom stereocenters. The van der Waals surface area contributed by atoms with Crippen LogP contribution in [0.4, 0.5) is 0 Å². The molecule has 0 spiro atoms. The second-order valence-electron chi connectivity index (χ2n) is 11.2. The zero-order chi connectivity index (χ0) is 19.6. The van der Waals surface area contributed by atoms with E-state index in [1.807, 2.05) is 0 Å². The lowest BCUT2D eigenvalue weighted by Crippen LogP contribution is -2.60. The quantitative estimate of drug-likeness (QED) is 0.410. The van der Waals surface area contributed by atoms with E-state index in [-0.39, 0.29) is 11.1 Å². The number of nitrogens with one attached hydrogen (secondary N) is 1. The molecule has 25 heavy (non-hydrogen) atoms. The number of hydrogen-bond acceptors (Lipinski definition) is 2. The zero-order valence-electron chi connectivity index (χ0n) is 19.1. The molecule has 3 heteroatoms. The van der Waals surface area contributed by atoms with Crippen LogP contribution in [0.3, 0.4) is 0 Å². The first kappa shape index (κ1) is 23.2. The number of hydrogen-bond donors (Lipinski definition) is 1. The minimum Gasteiger partial charge on any atom is -0.376 e. The van der Waals surface area contributed by atoms with Crippen molar-refractivity contribution in [1.29, 1.82) is 0 Å². The second-order valence-corrected chi connectivity index (χ2v) is 15.4. The third kappa shape index (κ3) is 6.66. The topological polar surface area (TPSA) is 21.3 Å². The Kier molecular flexibility index (Phi) is 7.82. The minimum absolute atomic E-state index is 0.0102. The lowest BCUT2D eigenvalue weighted by atomic mass is 9.92. The summed E-state index contributed by atoms with van der Waals surface area (Å²) >= 11 is 0. The van der Waals surface area contributed by atoms with Gasteiger partial charge < -0.3 is 9.72 Å². The normalized spacial score (nSPS) is 33.5. The Morgan fingerprint density at radius 3 is 1.68 bits per heavy atom. The second kappa shape index (κ2) is 8.44. The molecule has 0 bridgehead atoms. The van der Waals surface area contributed by atoms with Crippen molar-refractivity contribution in [3.63, 3.8) is 0 Å². The van der Waals surface area contributed by atoms with Crippen molar-refractivity contribution in [3.8, 4) is 0 Å². The lowest BCUT2D eigenvalue weighted by Gasteiger charge is -2.44. The molecular weight excluding hydrogens is 322 g/mol. The van der Waals surface area contributed by atoms with E-state index in [1.165, 1.54) is 18.9 Å². The molecule has 0 aromatic carbocycles. The van der Waals surface area contributed by atoms with E-state index >= 15 is 0 Å². The summed E-state index contributed by atoms with van der Waals surface area (Å²) in [6.07, 6.45) is 2.48. The van der Waals surface area contributed by atoms with Gasteiger partial charge in [-0.2, -0.15) is 0 Å². The summed E-state index contributed by atoms with van der Waals surface area (Å²) in [4.78, 5) is 4.18. The molecule has 1 saturated carbocycles. The Bertz CT molecular complexity index is 397. The summed E-state index contributed by atoms with van der Waals surface area (Å²) in [6.45, 7) is 27.0. The van der Waals surface area contributed by atoms with E-state index in [2.05, 4.69) is 80.8 Å². The standard InChI is InChI=1S/C22H47NOSi/c1-16-17(2)19(4)20(18(16)3)25(11,23-21(5,6)7)15-13-12-14-24-22(8,9)10/h16-20,23H,12-15H2,1-11H3. The van der Waals surface area contributed by atoms with Gasteiger partial charge in [-0.3, -0.25) is 0 Å². The molecule has 5 unspecified atom stereocenters. The van der Waals surface area contributed by atoms with Crippen molar-refractivity contribution in [2.45, 2.75) is 111 Å². The summed E-state index contributed by atoms with van der Waals surface area (Å²) < 4.78 is 5.94. The van der Waals surface area contributed by atoms with Crippen LogP contribution in [-0.2, 0) is 4.74 Å². The van der Waals surface area contributed by atoms with E-state index in [9.17, 15) is 0 Å². The van der Waals surface area contributed by atoms with E-state index in [1.54, 1.807) is 0 Å². The van der Waals surface area contributed by atoms with Gasteiger partial charge in [-0.05, 0) is 83.2 Å². The number of ether oxygens (including phenoxy) is 1. The van der Waals surface area contributed by atoms with Gasteiger partial charge in [-0.1, -0.05) is 40.7 Å². The zero-order valence-corrected chi connectivity index (χ0v) is 20.1. The Labute approximate surface area is 160 Å². The number of unbranched alkanes of at least 4 members (excludes halogenated alkanes) is 1. The highest BCUT2D eigenvalue weighted by Gasteiger charge is 2.52. The summed E-state index contributed by atoms with van der Waals surface area (Å²) in [5.74, 6) is 3.36. The maximum Gasteiger partial charge on any atom is 0.126 e. The Morgan fingerprint density at radius 1 is 0.800 bits per heavy atom. The van der Waals surface area contributed by atoms with E-state index in [0.717, 1.165) is 35.8 Å². The highest BCUT2D eigenvalue weighted by atomic mass is 28.3. The smallest absolute Gasteiger partial charge is 0.126 e. The molecule has 0 heterocycles. The summed E-state index contributed by atoms with van der Waals surface area (Å²) in [5, 5.41) is 0. The molecule has 0 aromatic heterocycles. The largest absolute Gasteiger partial charge is 0.376 e. The van der Waals surface area contributed by atoms with Crippen LogP contribution in [0.15, 0.2) is 0 Å². The summed E-state index contributed by atoms with van der Waals surface area (Å²) in [5.41, 5.74) is 1.07. The third-order valence-corrected chi connectivity index (χ3v) is 11.9. The van der Waals surface area contributed by atoms with Crippen LogP contribution < -0.4 is 4.98 Å². The molecule has 0 saturated heterocycles. The van der Waals surface area contributed by atoms with Crippen molar-refractivity contribution in [2.75, 3.05) is 6.61 Å². The van der Waals surface area contributed by atoms with Crippen LogP contribution in [0.2, 0.25) is 18.1 Å².